The average Bonchev–Trinajstić information content (AvgIpc) is 3.46. The fourth-order valence-electron chi connectivity index (χ4n) is 4.05. The zero-order valence-corrected chi connectivity index (χ0v) is 24.1. The highest BCUT2D eigenvalue weighted by Crippen LogP contribution is 2.41. The van der Waals surface area contributed by atoms with Gasteiger partial charge in [-0.25, -0.2) is 0 Å². The molecule has 4 rings (SSSR count). The third-order valence-electron chi connectivity index (χ3n) is 5.57. The number of Topliss-reactive ketones (excluding diaryl/α,β-unsaturated/α-hetero) is 1. The molecule has 2 aliphatic heterocycles. The minimum Gasteiger partial charge on any atom is -0.493 e. The molecule has 0 radical (unpaired) electrons. The minimum atomic E-state index is -2.13. The lowest BCUT2D eigenvalue weighted by atomic mass is 10.0. The van der Waals surface area contributed by atoms with Crippen LogP contribution in [0.2, 0.25) is 0 Å². The van der Waals surface area contributed by atoms with Gasteiger partial charge in [-0.1, -0.05) is 32.9 Å². The number of aromatic nitrogens is 2. The van der Waals surface area contributed by atoms with Crippen LogP contribution in [0.1, 0.15) is 57.5 Å². The average molecular weight is 550 g/mol. The minimum absolute atomic E-state index is 0.0918. The molecule has 0 amide bonds. The van der Waals surface area contributed by atoms with Gasteiger partial charge in [0.1, 0.15) is 34.9 Å². The van der Waals surface area contributed by atoms with Crippen molar-refractivity contribution in [1.82, 2.24) is 4.16 Å². The maximum atomic E-state index is 15.8. The van der Waals surface area contributed by atoms with Gasteiger partial charge in [-0.15, -0.1) is 4.20 Å². The number of carbonyl (C=O) groups excluding carboxylic acids is 2. The normalized spacial score (nSPS) is 11.0. The Balaban J connectivity index is 0.000000733. The van der Waals surface area contributed by atoms with Gasteiger partial charge in [0.15, 0.2) is 5.52 Å². The number of halogens is 2. The molecule has 0 saturated heterocycles. The van der Waals surface area contributed by atoms with Gasteiger partial charge in [0.2, 0.25) is 0 Å². The molecular weight excluding hydrogens is 513 g/mol. The second-order valence-electron chi connectivity index (χ2n) is 8.23. The Kier molecular flexibility index (Phi) is 12.3. The van der Waals surface area contributed by atoms with E-state index in [9.17, 15) is 13.5 Å². The molecule has 1 aromatic carbocycles. The summed E-state index contributed by atoms with van der Waals surface area (Å²) in [5.74, 6) is 1.04. The van der Waals surface area contributed by atoms with Gasteiger partial charge in [0, 0.05) is 37.0 Å². The van der Waals surface area contributed by atoms with Gasteiger partial charge < -0.3 is 14.3 Å². The highest BCUT2D eigenvalue weighted by molar-refractivity contribution is 7.94. The van der Waals surface area contributed by atoms with Crippen LogP contribution in [-0.4, -0.2) is 28.6 Å². The first-order valence-electron chi connectivity index (χ1n) is 12.5. The molecule has 0 N–H and O–H groups in total. The number of hydrogen-bond acceptors (Lipinski definition) is 4. The highest BCUT2D eigenvalue weighted by atomic mass is 32.2. The standard InChI is InChI=1S/C23H24F2N2O2PS.C3H6O.C2H6/c1-15-14-16(2)26-23(15)22(18-5-9-20(10-6-18)29-12-13-31-25)21-11-8-19(7-4-17(3)28)27(21)30(26)24;1-2-3-4;1-2/h5-6,8-11,14H,4,7,12-13H2,1-3H3;3H,2H2,1H3;1-2H3/q+1;;. The monoisotopic (exact) mass is 549 g/mol. The predicted octanol–water partition coefficient (Wildman–Crippen LogP) is 7.80. The van der Waals surface area contributed by atoms with Crippen molar-refractivity contribution in [3.05, 3.63) is 59.4 Å². The van der Waals surface area contributed by atoms with Crippen molar-refractivity contribution in [2.45, 2.75) is 60.8 Å². The summed E-state index contributed by atoms with van der Waals surface area (Å²) >= 11 is 0.254. The van der Waals surface area contributed by atoms with Crippen LogP contribution in [0.15, 0.2) is 42.5 Å². The third kappa shape index (κ3) is 7.20. The number of fused-ring (bicyclic) bond motifs is 2. The molecule has 0 bridgehead atoms. The van der Waals surface area contributed by atoms with Crippen molar-refractivity contribution < 1.29 is 26.7 Å². The number of hydrogen-bond donors (Lipinski definition) is 0. The molecule has 0 fully saturated rings. The summed E-state index contributed by atoms with van der Waals surface area (Å²) in [5.41, 5.74) is 6.35. The van der Waals surface area contributed by atoms with Gasteiger partial charge in [-0.3, -0.25) is 0 Å². The summed E-state index contributed by atoms with van der Waals surface area (Å²) < 4.78 is 37.2. The smallest absolute Gasteiger partial charge is 0.429 e. The van der Waals surface area contributed by atoms with Crippen LogP contribution in [0, 0.1) is 13.8 Å². The molecule has 200 valence electrons. The topological polar surface area (TPSA) is 51.7 Å². The molecule has 1 unspecified atom stereocenters. The molecule has 1 aromatic heterocycles. The number of ketones is 1. The first kappa shape index (κ1) is 30.5. The van der Waals surface area contributed by atoms with E-state index in [2.05, 4.69) is 0 Å². The molecule has 1 atom stereocenters. The molecule has 0 spiro atoms. The molecule has 5 nitrogen and oxygen atoms in total. The van der Waals surface area contributed by atoms with E-state index in [-0.39, 0.29) is 23.7 Å². The lowest BCUT2D eigenvalue weighted by molar-refractivity contribution is -0.533. The SMILES string of the molecule is CC.CC(=O)CCc1ccc2c(-c3ccc(OCCSF)cc3)c3c(C)cc(C)n3p(F)[n+]1-2.CCC=O. The zero-order valence-electron chi connectivity index (χ0n) is 22.4. The summed E-state index contributed by atoms with van der Waals surface area (Å²) in [6.07, 6.45) is 2.42. The number of nitrogens with zero attached hydrogens (tertiary/aromatic N) is 2. The largest absolute Gasteiger partial charge is 0.493 e. The molecule has 3 heterocycles. The van der Waals surface area contributed by atoms with Crippen LogP contribution >= 0.6 is 20.3 Å². The molecule has 0 aliphatic carbocycles. The quantitative estimate of drug-likeness (QED) is 0.158. The molecular formula is C28H36F2N2O3PS+. The van der Waals surface area contributed by atoms with Crippen LogP contribution in [0.25, 0.3) is 22.3 Å². The first-order chi connectivity index (χ1) is 17.8. The van der Waals surface area contributed by atoms with Crippen LogP contribution in [0.3, 0.4) is 0 Å². The summed E-state index contributed by atoms with van der Waals surface area (Å²) in [6, 6.07) is 13.5. The number of rotatable bonds is 9. The number of aryl methyl sites for hydroxylation is 3. The molecule has 2 aliphatic rings. The Morgan fingerprint density at radius 1 is 1.16 bits per heavy atom. The Hall–Kier alpha value is -2.70. The summed E-state index contributed by atoms with van der Waals surface area (Å²) in [6.45, 7) is 11.6. The van der Waals surface area contributed by atoms with E-state index in [1.165, 1.54) is 0 Å². The lowest BCUT2D eigenvalue weighted by Gasteiger charge is -2.12. The fraction of sp³-hybridized carbons (Fsp3) is 0.393. The Labute approximate surface area is 223 Å². The van der Waals surface area contributed by atoms with Crippen LogP contribution in [0.4, 0.5) is 8.08 Å². The fourth-order valence-corrected chi connectivity index (χ4v) is 5.84. The maximum Gasteiger partial charge on any atom is 0.429 e. The highest BCUT2D eigenvalue weighted by Gasteiger charge is 2.32. The Bertz CT molecular complexity index is 1290. The van der Waals surface area contributed by atoms with Gasteiger partial charge in [0.05, 0.1) is 17.9 Å². The predicted molar refractivity (Wildman–Crippen MR) is 150 cm³/mol. The maximum absolute atomic E-state index is 15.8. The Morgan fingerprint density at radius 3 is 2.38 bits per heavy atom. The van der Waals surface area contributed by atoms with Gasteiger partial charge in [0.25, 0.3) is 0 Å². The van der Waals surface area contributed by atoms with Crippen molar-refractivity contribution in [2.24, 2.45) is 0 Å². The van der Waals surface area contributed by atoms with E-state index in [0.29, 0.717) is 31.6 Å². The zero-order chi connectivity index (χ0) is 27.5. The van der Waals surface area contributed by atoms with Gasteiger partial charge in [-0.2, -0.15) is 12.4 Å². The number of carbonyl (C=O) groups is 2. The summed E-state index contributed by atoms with van der Waals surface area (Å²) in [7, 11) is -2.13. The molecule has 2 aromatic rings. The van der Waals surface area contributed by atoms with E-state index < -0.39 is 8.16 Å². The molecule has 0 saturated carbocycles. The van der Waals surface area contributed by atoms with E-state index in [1.807, 2.05) is 77.1 Å². The second-order valence-corrected chi connectivity index (χ2v) is 10.1. The van der Waals surface area contributed by atoms with Crippen LogP contribution in [-0.2, 0) is 16.0 Å². The van der Waals surface area contributed by atoms with Crippen molar-refractivity contribution in [3.8, 4) is 22.6 Å². The molecule has 9 heteroatoms. The van der Waals surface area contributed by atoms with Crippen LogP contribution in [0.5, 0.6) is 5.75 Å². The van der Waals surface area contributed by atoms with E-state index in [4.69, 9.17) is 4.74 Å². The van der Waals surface area contributed by atoms with Gasteiger partial charge >= 0.3 is 8.16 Å². The summed E-state index contributed by atoms with van der Waals surface area (Å²) in [5, 5.41) is 0. The van der Waals surface area contributed by atoms with Crippen LogP contribution < -0.4 is 9.07 Å². The van der Waals surface area contributed by atoms with Crippen molar-refractivity contribution in [1.29, 1.82) is 0 Å². The van der Waals surface area contributed by atoms with Gasteiger partial charge in [-0.05, 0) is 56.7 Å². The number of aldehydes is 1. The van der Waals surface area contributed by atoms with Crippen molar-refractivity contribution >= 4 is 37.9 Å². The number of ether oxygens (including phenoxy) is 1. The molecule has 37 heavy (non-hydrogen) atoms. The van der Waals surface area contributed by atoms with E-state index in [0.717, 1.165) is 45.6 Å². The first-order valence-corrected chi connectivity index (χ1v) is 14.5. The lowest BCUT2D eigenvalue weighted by Crippen LogP contribution is -2.33. The Morgan fingerprint density at radius 2 is 1.81 bits per heavy atom. The van der Waals surface area contributed by atoms with E-state index in [1.54, 1.807) is 15.4 Å². The number of benzene rings is 1. The van der Waals surface area contributed by atoms with E-state index >= 15 is 4.20 Å². The van der Waals surface area contributed by atoms with Crippen molar-refractivity contribution in [3.63, 3.8) is 0 Å². The third-order valence-corrected chi connectivity index (χ3v) is 7.54. The summed E-state index contributed by atoms with van der Waals surface area (Å²) in [4.78, 5) is 20.7. The second kappa shape index (κ2) is 14.9. The van der Waals surface area contributed by atoms with Crippen molar-refractivity contribution in [2.75, 3.05) is 12.4 Å².